The first kappa shape index (κ1) is 31.8. The molecule has 1 unspecified atom stereocenters. The number of amides is 2. The fraction of sp³-hybridized carbons (Fsp3) is 0.333. The second kappa shape index (κ2) is 11.3. The molecule has 4 N–H and O–H groups in total. The van der Waals surface area contributed by atoms with Gasteiger partial charge in [0.25, 0.3) is 5.91 Å². The van der Waals surface area contributed by atoms with Gasteiger partial charge in [0.15, 0.2) is 5.75 Å². The van der Waals surface area contributed by atoms with Crippen molar-refractivity contribution in [2.24, 2.45) is 11.7 Å². The van der Waals surface area contributed by atoms with E-state index in [0.29, 0.717) is 23.6 Å². The standard InChI is InChI=1S/C30H25Cl2F4N5O5/c1-29(27(37)43)11-46-24-20(29)21(32)25(39-23(24)15-7-16(31)18(34)8-17(15)33)30(44,14-3-4-14)10-38-26(42)12-5-13-9-41(28(35)36)40-22(13)19(6-12)45-2/h5-9,14,28,44H,3-4,10-11H2,1-2H3,(H2,37,43)(H,38,42)/t29-,30?/m0/s1. The summed E-state index contributed by atoms with van der Waals surface area (Å²) in [5.41, 5.74) is 1.71. The summed E-state index contributed by atoms with van der Waals surface area (Å²) in [5.74, 6) is -4.11. The Morgan fingerprint density at radius 1 is 1.24 bits per heavy atom. The highest BCUT2D eigenvalue weighted by Gasteiger charge is 2.52. The predicted molar refractivity (Wildman–Crippen MR) is 158 cm³/mol. The lowest BCUT2D eigenvalue weighted by atomic mass is 9.81. The Balaban J connectivity index is 1.44. The number of aliphatic hydroxyl groups is 1. The number of rotatable bonds is 9. The lowest BCUT2D eigenvalue weighted by Gasteiger charge is -2.31. The van der Waals surface area contributed by atoms with E-state index in [0.717, 1.165) is 12.3 Å². The smallest absolute Gasteiger partial charge is 0.333 e. The molecule has 2 atom stereocenters. The number of alkyl halides is 2. The maximum atomic E-state index is 15.2. The molecule has 6 rings (SSSR count). The Labute approximate surface area is 268 Å². The van der Waals surface area contributed by atoms with E-state index in [1.54, 1.807) is 0 Å². The summed E-state index contributed by atoms with van der Waals surface area (Å²) in [6, 6.07) is 4.20. The average molecular weight is 682 g/mol. The van der Waals surface area contributed by atoms with E-state index >= 15 is 4.39 Å². The zero-order chi connectivity index (χ0) is 33.3. The van der Waals surface area contributed by atoms with E-state index in [9.17, 15) is 27.9 Å². The second-order valence-corrected chi connectivity index (χ2v) is 12.2. The molecule has 1 aliphatic carbocycles. The number of ether oxygens (including phenoxy) is 2. The van der Waals surface area contributed by atoms with Crippen molar-refractivity contribution < 1.29 is 41.7 Å². The fourth-order valence-electron chi connectivity index (χ4n) is 5.65. The molecule has 4 aromatic rings. The van der Waals surface area contributed by atoms with Crippen LogP contribution in [0.25, 0.3) is 22.2 Å². The summed E-state index contributed by atoms with van der Waals surface area (Å²) >= 11 is 12.8. The Morgan fingerprint density at radius 2 is 1.96 bits per heavy atom. The van der Waals surface area contributed by atoms with Crippen LogP contribution in [-0.4, -0.2) is 51.9 Å². The number of hydrogen-bond donors (Lipinski definition) is 3. The molecule has 2 amide bonds. The van der Waals surface area contributed by atoms with Gasteiger partial charge in [-0.3, -0.25) is 9.59 Å². The summed E-state index contributed by atoms with van der Waals surface area (Å²) in [7, 11) is 1.30. The molecule has 0 radical (unpaired) electrons. The molecule has 2 aliphatic rings. The van der Waals surface area contributed by atoms with Gasteiger partial charge in [-0.25, -0.2) is 18.4 Å². The highest BCUT2D eigenvalue weighted by Crippen LogP contribution is 2.54. The van der Waals surface area contributed by atoms with Crippen molar-refractivity contribution in [3.05, 3.63) is 69.0 Å². The molecule has 3 heterocycles. The van der Waals surface area contributed by atoms with Crippen molar-refractivity contribution in [1.82, 2.24) is 20.1 Å². The van der Waals surface area contributed by atoms with Crippen molar-refractivity contribution in [3.63, 3.8) is 0 Å². The number of nitrogens with one attached hydrogen (secondary N) is 1. The number of primary amides is 1. The summed E-state index contributed by atoms with van der Waals surface area (Å²) < 4.78 is 67.3. The van der Waals surface area contributed by atoms with Crippen molar-refractivity contribution in [3.8, 4) is 22.8 Å². The molecule has 0 spiro atoms. The van der Waals surface area contributed by atoms with Crippen LogP contribution in [0.4, 0.5) is 17.6 Å². The highest BCUT2D eigenvalue weighted by atomic mass is 35.5. The number of halogens is 6. The predicted octanol–water partition coefficient (Wildman–Crippen LogP) is 5.25. The summed E-state index contributed by atoms with van der Waals surface area (Å²) in [5, 5.41) is 18.2. The van der Waals surface area contributed by atoms with Gasteiger partial charge in [0, 0.05) is 34.3 Å². The van der Waals surface area contributed by atoms with Gasteiger partial charge in [-0.2, -0.15) is 13.9 Å². The molecule has 1 fully saturated rings. The largest absolute Gasteiger partial charge is 0.494 e. The van der Waals surface area contributed by atoms with Gasteiger partial charge in [-0.05, 0) is 43.9 Å². The third-order valence-electron chi connectivity index (χ3n) is 8.41. The molecule has 16 heteroatoms. The number of hydrogen-bond acceptors (Lipinski definition) is 7. The number of nitrogens with zero attached hydrogens (tertiary/aromatic N) is 3. The van der Waals surface area contributed by atoms with Crippen LogP contribution in [0.1, 0.15) is 47.9 Å². The second-order valence-electron chi connectivity index (χ2n) is 11.4. The van der Waals surface area contributed by atoms with Crippen molar-refractivity contribution >= 4 is 45.9 Å². The number of aromatic nitrogens is 3. The van der Waals surface area contributed by atoms with E-state index in [1.165, 1.54) is 26.2 Å². The van der Waals surface area contributed by atoms with Crippen LogP contribution >= 0.6 is 23.2 Å². The summed E-state index contributed by atoms with van der Waals surface area (Å²) in [6.07, 6.45) is 2.07. The van der Waals surface area contributed by atoms with Crippen molar-refractivity contribution in [1.29, 1.82) is 0 Å². The van der Waals surface area contributed by atoms with Crippen LogP contribution in [-0.2, 0) is 15.8 Å². The number of benzene rings is 2. The van der Waals surface area contributed by atoms with Gasteiger partial charge in [-0.1, -0.05) is 23.2 Å². The molecule has 46 heavy (non-hydrogen) atoms. The van der Waals surface area contributed by atoms with E-state index in [2.05, 4.69) is 15.4 Å². The zero-order valence-electron chi connectivity index (χ0n) is 24.1. The van der Waals surface area contributed by atoms with Crippen LogP contribution in [0.2, 0.25) is 10.0 Å². The minimum Gasteiger partial charge on any atom is -0.494 e. The van der Waals surface area contributed by atoms with Crippen LogP contribution in [0.3, 0.4) is 0 Å². The highest BCUT2D eigenvalue weighted by molar-refractivity contribution is 6.33. The molecule has 2 aromatic carbocycles. The Hall–Kier alpha value is -4.14. The first-order valence-electron chi connectivity index (χ1n) is 13.9. The molecule has 10 nitrogen and oxygen atoms in total. The molecular weight excluding hydrogens is 657 g/mol. The lowest BCUT2D eigenvalue weighted by molar-refractivity contribution is -0.123. The third kappa shape index (κ3) is 5.08. The first-order valence-corrected chi connectivity index (χ1v) is 14.6. The molecule has 242 valence electrons. The molecule has 1 aliphatic heterocycles. The zero-order valence-corrected chi connectivity index (χ0v) is 25.6. The van der Waals surface area contributed by atoms with E-state index in [4.69, 9.17) is 38.4 Å². The summed E-state index contributed by atoms with van der Waals surface area (Å²) in [4.78, 5) is 30.6. The minimum atomic E-state index is -2.92. The number of pyridine rings is 1. The van der Waals surface area contributed by atoms with E-state index < -0.39 is 58.5 Å². The number of methoxy groups -OCH3 is 1. The van der Waals surface area contributed by atoms with E-state index in [1.807, 2.05) is 0 Å². The SMILES string of the molecule is COc1cc(C(=O)NCC(O)(c2nc(-c3cc(Cl)c(F)cc3F)c3c(c2Cl)[C@@](C)(C(N)=O)CO3)C2CC2)cc2cn(C(F)F)nc12. The molecule has 0 saturated heterocycles. The Kier molecular flexibility index (Phi) is 7.81. The average Bonchev–Trinajstić information content (AvgIpc) is 3.68. The summed E-state index contributed by atoms with van der Waals surface area (Å²) in [6.45, 7) is -2.19. The van der Waals surface area contributed by atoms with Crippen LogP contribution in [0.5, 0.6) is 11.5 Å². The van der Waals surface area contributed by atoms with Gasteiger partial charge in [0.1, 0.15) is 46.2 Å². The normalized spacial score (nSPS) is 18.7. The van der Waals surface area contributed by atoms with Crippen LogP contribution < -0.4 is 20.5 Å². The van der Waals surface area contributed by atoms with Gasteiger partial charge >= 0.3 is 6.55 Å². The van der Waals surface area contributed by atoms with Gasteiger partial charge in [0.2, 0.25) is 5.91 Å². The molecule has 1 saturated carbocycles. The maximum Gasteiger partial charge on any atom is 0.333 e. The van der Waals surface area contributed by atoms with Crippen molar-refractivity contribution in [2.45, 2.75) is 37.3 Å². The quantitative estimate of drug-likeness (QED) is 0.162. The minimum absolute atomic E-state index is 0.0164. The molecule has 2 aromatic heterocycles. The molecular formula is C30H25Cl2F4N5O5. The Morgan fingerprint density at radius 3 is 2.59 bits per heavy atom. The van der Waals surface area contributed by atoms with E-state index in [-0.39, 0.29) is 62.1 Å². The fourth-order valence-corrected chi connectivity index (χ4v) is 6.31. The molecule has 0 bridgehead atoms. The number of carbonyl (C=O) groups excluding carboxylic acids is 2. The first-order chi connectivity index (χ1) is 21.7. The number of fused-ring (bicyclic) bond motifs is 2. The maximum absolute atomic E-state index is 15.2. The lowest BCUT2D eigenvalue weighted by Crippen LogP contribution is -2.44. The van der Waals surface area contributed by atoms with Gasteiger partial charge in [-0.15, -0.1) is 0 Å². The van der Waals surface area contributed by atoms with Crippen LogP contribution in [0.15, 0.2) is 30.5 Å². The van der Waals surface area contributed by atoms with Crippen molar-refractivity contribution in [2.75, 3.05) is 20.3 Å². The van der Waals surface area contributed by atoms with Crippen LogP contribution in [0, 0.1) is 17.6 Å². The Bertz CT molecular complexity index is 1940. The number of nitrogens with two attached hydrogens (primary N) is 1. The third-order valence-corrected chi connectivity index (χ3v) is 9.07. The monoisotopic (exact) mass is 681 g/mol. The topological polar surface area (TPSA) is 142 Å². The van der Waals surface area contributed by atoms with Gasteiger partial charge in [0.05, 0.1) is 29.4 Å². The van der Waals surface area contributed by atoms with Gasteiger partial charge < -0.3 is 25.6 Å². The number of carbonyl (C=O) groups is 2.